The molecular formula is C11H10O4. The van der Waals surface area contributed by atoms with Crippen LogP contribution in [0, 0.1) is 0 Å². The number of esters is 1. The van der Waals surface area contributed by atoms with Crippen molar-refractivity contribution < 1.29 is 19.4 Å². The summed E-state index contributed by atoms with van der Waals surface area (Å²) in [5, 5.41) is 9.93. The molecule has 0 saturated heterocycles. The normalized spacial score (nSPS) is 23.7. The van der Waals surface area contributed by atoms with Gasteiger partial charge in [-0.1, -0.05) is 24.3 Å². The number of methoxy groups -OCH3 is 1. The molecule has 15 heavy (non-hydrogen) atoms. The second kappa shape index (κ2) is 3.17. The molecule has 0 radical (unpaired) electrons. The van der Waals surface area contributed by atoms with Crippen LogP contribution >= 0.6 is 0 Å². The van der Waals surface area contributed by atoms with Gasteiger partial charge in [-0.05, 0) is 5.56 Å². The third kappa shape index (κ3) is 1.26. The number of ether oxygens (including phenoxy) is 1. The number of carbonyl (C=O) groups excluding carboxylic acids is 2. The van der Waals surface area contributed by atoms with E-state index in [2.05, 4.69) is 4.74 Å². The summed E-state index contributed by atoms with van der Waals surface area (Å²) in [7, 11) is 1.15. The first-order chi connectivity index (χ1) is 7.09. The molecule has 4 heteroatoms. The van der Waals surface area contributed by atoms with Gasteiger partial charge in [-0.25, -0.2) is 4.79 Å². The summed E-state index contributed by atoms with van der Waals surface area (Å²) in [6.45, 7) is 0. The van der Waals surface area contributed by atoms with E-state index in [-0.39, 0.29) is 6.42 Å². The number of benzene rings is 1. The maximum atomic E-state index is 11.8. The van der Waals surface area contributed by atoms with Crippen LogP contribution in [0.1, 0.15) is 15.9 Å². The van der Waals surface area contributed by atoms with E-state index in [1.165, 1.54) is 0 Å². The van der Waals surface area contributed by atoms with Crippen molar-refractivity contribution in [3.63, 3.8) is 0 Å². The first-order valence-corrected chi connectivity index (χ1v) is 4.53. The van der Waals surface area contributed by atoms with E-state index in [0.717, 1.165) is 7.11 Å². The average molecular weight is 206 g/mol. The van der Waals surface area contributed by atoms with Crippen molar-refractivity contribution in [1.82, 2.24) is 0 Å². The van der Waals surface area contributed by atoms with Gasteiger partial charge in [0, 0.05) is 12.0 Å². The van der Waals surface area contributed by atoms with Crippen LogP contribution in [-0.4, -0.2) is 29.6 Å². The van der Waals surface area contributed by atoms with Crippen LogP contribution in [0.4, 0.5) is 0 Å². The second-order valence-electron chi connectivity index (χ2n) is 3.51. The zero-order chi connectivity index (χ0) is 11.1. The van der Waals surface area contributed by atoms with Gasteiger partial charge in [0.25, 0.3) is 0 Å². The molecule has 0 fully saturated rings. The van der Waals surface area contributed by atoms with E-state index in [0.29, 0.717) is 11.1 Å². The maximum absolute atomic E-state index is 11.8. The number of hydrogen-bond acceptors (Lipinski definition) is 4. The minimum absolute atomic E-state index is 0.00528. The Bertz CT molecular complexity index is 438. The fourth-order valence-corrected chi connectivity index (χ4v) is 1.81. The Morgan fingerprint density at radius 1 is 1.47 bits per heavy atom. The molecule has 0 saturated carbocycles. The summed E-state index contributed by atoms with van der Waals surface area (Å²) in [5.41, 5.74) is -0.959. The monoisotopic (exact) mass is 206 g/mol. The van der Waals surface area contributed by atoms with Crippen LogP contribution in [-0.2, 0) is 16.0 Å². The van der Waals surface area contributed by atoms with Crippen molar-refractivity contribution in [2.24, 2.45) is 0 Å². The lowest BCUT2D eigenvalue weighted by atomic mass is 10.00. The van der Waals surface area contributed by atoms with Crippen molar-refractivity contribution >= 4 is 11.8 Å². The van der Waals surface area contributed by atoms with E-state index in [1.54, 1.807) is 24.3 Å². The molecule has 0 aromatic heterocycles. The van der Waals surface area contributed by atoms with Crippen LogP contribution in [0.2, 0.25) is 0 Å². The molecule has 4 nitrogen and oxygen atoms in total. The van der Waals surface area contributed by atoms with Crippen molar-refractivity contribution in [2.45, 2.75) is 12.0 Å². The van der Waals surface area contributed by atoms with Crippen LogP contribution in [0.15, 0.2) is 24.3 Å². The molecule has 1 aromatic rings. The summed E-state index contributed by atoms with van der Waals surface area (Å²) in [6.07, 6.45) is -0.00528. The number of hydrogen-bond donors (Lipinski definition) is 1. The molecule has 0 unspecified atom stereocenters. The molecule has 1 aromatic carbocycles. The van der Waals surface area contributed by atoms with E-state index in [1.807, 2.05) is 0 Å². The minimum Gasteiger partial charge on any atom is -0.467 e. The largest absolute Gasteiger partial charge is 0.467 e. The Balaban J connectivity index is 2.47. The summed E-state index contributed by atoms with van der Waals surface area (Å²) >= 11 is 0. The molecule has 0 spiro atoms. The van der Waals surface area contributed by atoms with Crippen molar-refractivity contribution in [3.05, 3.63) is 35.4 Å². The van der Waals surface area contributed by atoms with Gasteiger partial charge in [-0.2, -0.15) is 0 Å². The zero-order valence-electron chi connectivity index (χ0n) is 8.19. The summed E-state index contributed by atoms with van der Waals surface area (Å²) in [6, 6.07) is 6.77. The van der Waals surface area contributed by atoms with Crippen LogP contribution in [0.5, 0.6) is 0 Å². The van der Waals surface area contributed by atoms with Gasteiger partial charge in [0.1, 0.15) is 0 Å². The highest BCUT2D eigenvalue weighted by atomic mass is 16.5. The lowest BCUT2D eigenvalue weighted by Gasteiger charge is -2.16. The van der Waals surface area contributed by atoms with Crippen LogP contribution in [0.25, 0.3) is 0 Å². The number of ketones is 1. The van der Waals surface area contributed by atoms with E-state index < -0.39 is 17.4 Å². The van der Waals surface area contributed by atoms with Crippen molar-refractivity contribution in [2.75, 3.05) is 7.11 Å². The Morgan fingerprint density at radius 3 is 2.73 bits per heavy atom. The fraction of sp³-hybridized carbons (Fsp3) is 0.273. The van der Waals surface area contributed by atoms with Gasteiger partial charge >= 0.3 is 5.97 Å². The maximum Gasteiger partial charge on any atom is 0.346 e. The van der Waals surface area contributed by atoms with Crippen molar-refractivity contribution in [3.8, 4) is 0 Å². The Kier molecular flexibility index (Phi) is 2.08. The quantitative estimate of drug-likeness (QED) is 0.531. The predicted octanol–water partition coefficient (Wildman–Crippen LogP) is 0.330. The number of fused-ring (bicyclic) bond motifs is 1. The third-order valence-electron chi connectivity index (χ3n) is 2.61. The molecule has 78 valence electrons. The molecule has 2 rings (SSSR count). The van der Waals surface area contributed by atoms with Crippen LogP contribution < -0.4 is 0 Å². The van der Waals surface area contributed by atoms with E-state index >= 15 is 0 Å². The summed E-state index contributed by atoms with van der Waals surface area (Å²) in [5.74, 6) is -1.48. The SMILES string of the molecule is COC(=O)[C@]1(O)Cc2ccccc2C1=O. The standard InChI is InChI=1S/C11H10O4/c1-15-10(13)11(14)6-7-4-2-3-5-8(7)9(11)12/h2-5,14H,6H2,1H3/t11-/m0/s1. The first-order valence-electron chi connectivity index (χ1n) is 4.53. The molecule has 0 heterocycles. The Labute approximate surface area is 86.5 Å². The number of rotatable bonds is 1. The molecular weight excluding hydrogens is 196 g/mol. The molecule has 1 atom stereocenters. The Morgan fingerprint density at radius 2 is 2.13 bits per heavy atom. The summed E-state index contributed by atoms with van der Waals surface area (Å²) < 4.78 is 4.43. The van der Waals surface area contributed by atoms with Gasteiger partial charge in [-0.3, -0.25) is 4.79 Å². The number of Topliss-reactive ketones (excluding diaryl/α,β-unsaturated/α-hetero) is 1. The average Bonchev–Trinajstić information content (AvgIpc) is 2.52. The van der Waals surface area contributed by atoms with Gasteiger partial charge in [-0.15, -0.1) is 0 Å². The number of aliphatic hydroxyl groups is 1. The number of carbonyl (C=O) groups is 2. The molecule has 1 aliphatic rings. The van der Waals surface area contributed by atoms with Gasteiger partial charge < -0.3 is 9.84 Å². The van der Waals surface area contributed by atoms with E-state index in [9.17, 15) is 14.7 Å². The lowest BCUT2D eigenvalue weighted by molar-refractivity contribution is -0.156. The van der Waals surface area contributed by atoms with Gasteiger partial charge in [0.15, 0.2) is 0 Å². The fourth-order valence-electron chi connectivity index (χ4n) is 1.81. The molecule has 0 aliphatic heterocycles. The molecule has 0 amide bonds. The smallest absolute Gasteiger partial charge is 0.346 e. The van der Waals surface area contributed by atoms with E-state index in [4.69, 9.17) is 0 Å². The van der Waals surface area contributed by atoms with Crippen LogP contribution in [0.3, 0.4) is 0 Å². The third-order valence-corrected chi connectivity index (χ3v) is 2.61. The highest BCUT2D eigenvalue weighted by molar-refractivity contribution is 6.18. The molecule has 1 N–H and O–H groups in total. The highest BCUT2D eigenvalue weighted by Crippen LogP contribution is 2.30. The van der Waals surface area contributed by atoms with Gasteiger partial charge in [0.2, 0.25) is 11.4 Å². The minimum atomic E-state index is -2.03. The topological polar surface area (TPSA) is 63.6 Å². The van der Waals surface area contributed by atoms with Crippen molar-refractivity contribution in [1.29, 1.82) is 0 Å². The predicted molar refractivity (Wildman–Crippen MR) is 51.4 cm³/mol. The first kappa shape index (κ1) is 9.86. The molecule has 0 bridgehead atoms. The zero-order valence-corrected chi connectivity index (χ0v) is 8.19. The summed E-state index contributed by atoms with van der Waals surface area (Å²) in [4.78, 5) is 23.1. The second-order valence-corrected chi connectivity index (χ2v) is 3.51. The Hall–Kier alpha value is -1.68. The van der Waals surface area contributed by atoms with Gasteiger partial charge in [0.05, 0.1) is 7.11 Å². The highest BCUT2D eigenvalue weighted by Gasteiger charge is 2.51. The molecule has 1 aliphatic carbocycles. The lowest BCUT2D eigenvalue weighted by Crippen LogP contribution is -2.45.